The third-order valence-electron chi connectivity index (χ3n) is 6.88. The first-order valence-electron chi connectivity index (χ1n) is 9.22. The zero-order valence-corrected chi connectivity index (χ0v) is 14.5. The Morgan fingerprint density at radius 2 is 1.46 bits per heavy atom. The maximum Gasteiger partial charge on any atom is 0.0958 e. The van der Waals surface area contributed by atoms with Gasteiger partial charge in [0.1, 0.15) is 0 Å². The van der Waals surface area contributed by atoms with E-state index in [1.165, 1.54) is 32.1 Å². The molecule has 24 heavy (non-hydrogen) atoms. The SMILES string of the molecule is OC1(c2ccc(Cl)cc2-c2ccccc2)C2CC3CC(C2)CC1C3. The van der Waals surface area contributed by atoms with Crippen molar-refractivity contribution in [3.05, 3.63) is 59.1 Å². The molecule has 2 aromatic rings. The number of rotatable bonds is 2. The normalized spacial score (nSPS) is 36.9. The molecule has 2 heteroatoms. The van der Waals surface area contributed by atoms with Gasteiger partial charge in [-0.1, -0.05) is 48.0 Å². The first kappa shape index (κ1) is 15.0. The highest BCUT2D eigenvalue weighted by atomic mass is 35.5. The summed E-state index contributed by atoms with van der Waals surface area (Å²) >= 11 is 6.32. The van der Waals surface area contributed by atoms with E-state index in [4.69, 9.17) is 11.6 Å². The Morgan fingerprint density at radius 3 is 2.08 bits per heavy atom. The molecule has 4 fully saturated rings. The second kappa shape index (κ2) is 5.34. The third kappa shape index (κ3) is 2.11. The number of hydrogen-bond donors (Lipinski definition) is 1. The lowest BCUT2D eigenvalue weighted by atomic mass is 9.48. The standard InChI is InChI=1S/C22H23ClO/c23-19-6-7-21(20(13-19)16-4-2-1-3-5-16)22(24)17-9-14-8-15(11-17)12-18(22)10-14/h1-7,13-15,17-18,24H,8-12H2. The summed E-state index contributed by atoms with van der Waals surface area (Å²) in [6, 6.07) is 16.5. The molecule has 4 aliphatic carbocycles. The van der Waals surface area contributed by atoms with Crippen molar-refractivity contribution >= 4 is 11.6 Å². The fourth-order valence-electron chi connectivity index (χ4n) is 6.06. The van der Waals surface area contributed by atoms with E-state index in [-0.39, 0.29) is 0 Å². The number of aliphatic hydroxyl groups is 1. The molecule has 1 N–H and O–H groups in total. The average molecular weight is 339 g/mol. The fraction of sp³-hybridized carbons (Fsp3) is 0.455. The molecule has 0 aliphatic heterocycles. The first-order chi connectivity index (χ1) is 11.6. The molecule has 0 amide bonds. The van der Waals surface area contributed by atoms with Crippen LogP contribution in [0.4, 0.5) is 0 Å². The molecule has 0 heterocycles. The predicted octanol–water partition coefficient (Wildman–Crippen LogP) is 5.65. The first-order valence-corrected chi connectivity index (χ1v) is 9.60. The molecule has 0 unspecified atom stereocenters. The fourth-order valence-corrected chi connectivity index (χ4v) is 6.24. The van der Waals surface area contributed by atoms with E-state index >= 15 is 0 Å². The monoisotopic (exact) mass is 338 g/mol. The van der Waals surface area contributed by atoms with Gasteiger partial charge in [-0.15, -0.1) is 0 Å². The Kier molecular flexibility index (Phi) is 3.34. The Labute approximate surface area is 148 Å². The Balaban J connectivity index is 1.67. The van der Waals surface area contributed by atoms with Crippen LogP contribution in [0.3, 0.4) is 0 Å². The van der Waals surface area contributed by atoms with Crippen LogP contribution in [0.15, 0.2) is 48.5 Å². The van der Waals surface area contributed by atoms with Crippen LogP contribution in [-0.4, -0.2) is 5.11 Å². The molecular formula is C22H23ClO. The lowest BCUT2D eigenvalue weighted by Crippen LogP contribution is -2.55. The van der Waals surface area contributed by atoms with E-state index in [1.807, 2.05) is 18.2 Å². The highest BCUT2D eigenvalue weighted by Crippen LogP contribution is 2.62. The smallest absolute Gasteiger partial charge is 0.0958 e. The molecule has 0 aromatic heterocycles. The molecule has 4 bridgehead atoms. The molecule has 4 saturated carbocycles. The quantitative estimate of drug-likeness (QED) is 0.750. The van der Waals surface area contributed by atoms with Crippen LogP contribution in [0.2, 0.25) is 5.02 Å². The van der Waals surface area contributed by atoms with Gasteiger partial charge in [0.25, 0.3) is 0 Å². The zero-order valence-electron chi connectivity index (χ0n) is 13.8. The van der Waals surface area contributed by atoms with E-state index in [2.05, 4.69) is 30.3 Å². The summed E-state index contributed by atoms with van der Waals surface area (Å²) < 4.78 is 0. The third-order valence-corrected chi connectivity index (χ3v) is 7.12. The van der Waals surface area contributed by atoms with Gasteiger partial charge in [0.2, 0.25) is 0 Å². The molecule has 4 aliphatic rings. The summed E-state index contributed by atoms with van der Waals surface area (Å²) in [5, 5.41) is 12.7. The molecule has 6 rings (SSSR count). The highest BCUT2D eigenvalue weighted by Gasteiger charge is 2.57. The van der Waals surface area contributed by atoms with Gasteiger partial charge >= 0.3 is 0 Å². The van der Waals surface area contributed by atoms with E-state index < -0.39 is 5.60 Å². The van der Waals surface area contributed by atoms with Gasteiger partial charge < -0.3 is 5.11 Å². The summed E-state index contributed by atoms with van der Waals surface area (Å²) in [5.41, 5.74) is 2.69. The van der Waals surface area contributed by atoms with Crippen LogP contribution < -0.4 is 0 Å². The summed E-state index contributed by atoms with van der Waals surface area (Å²) in [5.74, 6) is 2.52. The second-order valence-corrected chi connectivity index (χ2v) is 8.62. The topological polar surface area (TPSA) is 20.2 Å². The van der Waals surface area contributed by atoms with Crippen molar-refractivity contribution in [3.63, 3.8) is 0 Å². The van der Waals surface area contributed by atoms with Crippen molar-refractivity contribution in [2.24, 2.45) is 23.7 Å². The Bertz CT molecular complexity index is 739. The van der Waals surface area contributed by atoms with Gasteiger partial charge in [0.15, 0.2) is 0 Å². The van der Waals surface area contributed by atoms with Crippen LogP contribution in [0, 0.1) is 23.7 Å². The maximum absolute atomic E-state index is 12.0. The van der Waals surface area contributed by atoms with Crippen molar-refractivity contribution in [2.75, 3.05) is 0 Å². The van der Waals surface area contributed by atoms with Gasteiger partial charge in [-0.2, -0.15) is 0 Å². The van der Waals surface area contributed by atoms with Gasteiger partial charge in [-0.25, -0.2) is 0 Å². The minimum atomic E-state index is -0.677. The van der Waals surface area contributed by atoms with Gasteiger partial charge in [-0.3, -0.25) is 0 Å². The summed E-state index contributed by atoms with van der Waals surface area (Å²) in [6.07, 6.45) is 6.18. The van der Waals surface area contributed by atoms with Gasteiger partial charge in [0, 0.05) is 5.02 Å². The molecule has 0 saturated heterocycles. The maximum atomic E-state index is 12.0. The molecule has 2 aromatic carbocycles. The van der Waals surface area contributed by atoms with Gasteiger partial charge in [-0.05, 0) is 84.6 Å². The lowest BCUT2D eigenvalue weighted by molar-refractivity contribution is -0.179. The van der Waals surface area contributed by atoms with Crippen LogP contribution in [0.25, 0.3) is 11.1 Å². The van der Waals surface area contributed by atoms with E-state index in [0.29, 0.717) is 11.8 Å². The van der Waals surface area contributed by atoms with Crippen LogP contribution >= 0.6 is 11.6 Å². The van der Waals surface area contributed by atoms with E-state index in [0.717, 1.165) is 33.5 Å². The van der Waals surface area contributed by atoms with E-state index in [1.54, 1.807) is 0 Å². The second-order valence-electron chi connectivity index (χ2n) is 8.19. The van der Waals surface area contributed by atoms with Crippen molar-refractivity contribution in [1.29, 1.82) is 0 Å². The minimum absolute atomic E-state index is 0.414. The summed E-state index contributed by atoms with van der Waals surface area (Å²) in [4.78, 5) is 0. The largest absolute Gasteiger partial charge is 0.385 e. The lowest BCUT2D eigenvalue weighted by Gasteiger charge is -2.59. The van der Waals surface area contributed by atoms with Gasteiger partial charge in [0.05, 0.1) is 5.60 Å². The molecule has 0 radical (unpaired) electrons. The highest BCUT2D eigenvalue weighted by molar-refractivity contribution is 6.30. The van der Waals surface area contributed by atoms with Crippen LogP contribution in [-0.2, 0) is 5.60 Å². The Hall–Kier alpha value is -1.31. The van der Waals surface area contributed by atoms with Crippen molar-refractivity contribution in [1.82, 2.24) is 0 Å². The minimum Gasteiger partial charge on any atom is -0.385 e. The average Bonchev–Trinajstić information content (AvgIpc) is 2.59. The number of halogens is 1. The zero-order chi connectivity index (χ0) is 16.3. The van der Waals surface area contributed by atoms with E-state index in [9.17, 15) is 5.11 Å². The molecular weight excluding hydrogens is 316 g/mol. The number of hydrogen-bond acceptors (Lipinski definition) is 1. The van der Waals surface area contributed by atoms with Crippen LogP contribution in [0.1, 0.15) is 37.7 Å². The molecule has 0 atom stereocenters. The summed E-state index contributed by atoms with van der Waals surface area (Å²) in [6.45, 7) is 0. The Morgan fingerprint density at radius 1 is 0.833 bits per heavy atom. The molecule has 1 nitrogen and oxygen atoms in total. The number of benzene rings is 2. The van der Waals surface area contributed by atoms with Crippen molar-refractivity contribution in [2.45, 2.75) is 37.7 Å². The molecule has 124 valence electrons. The van der Waals surface area contributed by atoms with Crippen molar-refractivity contribution in [3.8, 4) is 11.1 Å². The van der Waals surface area contributed by atoms with Crippen molar-refractivity contribution < 1.29 is 5.11 Å². The molecule has 0 spiro atoms. The summed E-state index contributed by atoms with van der Waals surface area (Å²) in [7, 11) is 0. The predicted molar refractivity (Wildman–Crippen MR) is 97.8 cm³/mol. The van der Waals surface area contributed by atoms with Crippen LogP contribution in [0.5, 0.6) is 0 Å².